The molecular formula is C31H37FN2O3. The standard InChI is InChI=1S/C31H37FN2O3/c1-34(2)30(24-16-18-25(32)19-17-24)23-14-12-22(13-15-23)20-27(37-26-8-4-3-5-9-26)21-33-31(36)28-10-6-7-11-29(28)35/h3-11,16-19,22-23,27,30,35H,12-15,20-21H2,1-2H3,(H,33,36). The normalized spacial score (nSPS) is 19.2. The maximum atomic E-state index is 13.5. The Morgan fingerprint density at radius 3 is 2.27 bits per heavy atom. The van der Waals surface area contributed by atoms with Crippen LogP contribution in [0, 0.1) is 17.7 Å². The van der Waals surface area contributed by atoms with E-state index in [1.807, 2.05) is 42.5 Å². The highest BCUT2D eigenvalue weighted by atomic mass is 19.1. The first-order chi connectivity index (χ1) is 17.9. The minimum Gasteiger partial charge on any atom is -0.507 e. The molecule has 0 radical (unpaired) electrons. The SMILES string of the molecule is CN(C)C(c1ccc(F)cc1)C1CCC(CC(CNC(=O)c2ccccc2O)Oc2ccccc2)CC1. The van der Waals surface area contributed by atoms with E-state index in [0.717, 1.165) is 43.4 Å². The summed E-state index contributed by atoms with van der Waals surface area (Å²) in [6, 6.07) is 23.4. The molecule has 4 rings (SSSR count). The van der Waals surface area contributed by atoms with Gasteiger partial charge in [-0.15, -0.1) is 0 Å². The number of amides is 1. The Balaban J connectivity index is 1.38. The monoisotopic (exact) mass is 504 g/mol. The van der Waals surface area contributed by atoms with Crippen LogP contribution in [0.5, 0.6) is 11.5 Å². The number of rotatable bonds is 10. The van der Waals surface area contributed by atoms with Gasteiger partial charge in [-0.25, -0.2) is 4.39 Å². The molecule has 0 heterocycles. The highest BCUT2D eigenvalue weighted by molar-refractivity contribution is 5.96. The number of hydrogen-bond donors (Lipinski definition) is 2. The number of carbonyl (C=O) groups is 1. The predicted molar refractivity (Wildman–Crippen MR) is 144 cm³/mol. The average molecular weight is 505 g/mol. The van der Waals surface area contributed by atoms with E-state index in [2.05, 4.69) is 24.3 Å². The molecule has 0 bridgehead atoms. The van der Waals surface area contributed by atoms with Crippen LogP contribution in [0.2, 0.25) is 0 Å². The van der Waals surface area contributed by atoms with E-state index in [0.29, 0.717) is 18.4 Å². The van der Waals surface area contributed by atoms with Crippen LogP contribution >= 0.6 is 0 Å². The zero-order chi connectivity index (χ0) is 26.2. The Kier molecular flexibility index (Phi) is 9.18. The van der Waals surface area contributed by atoms with E-state index in [1.54, 1.807) is 30.3 Å². The summed E-state index contributed by atoms with van der Waals surface area (Å²) in [5, 5.41) is 13.0. The Labute approximate surface area is 219 Å². The molecule has 2 unspecified atom stereocenters. The fraction of sp³-hybridized carbons (Fsp3) is 0.387. The molecule has 6 heteroatoms. The number of halogens is 1. The first-order valence-corrected chi connectivity index (χ1v) is 13.1. The van der Waals surface area contributed by atoms with Crippen molar-refractivity contribution >= 4 is 5.91 Å². The van der Waals surface area contributed by atoms with Crippen molar-refractivity contribution in [1.29, 1.82) is 0 Å². The zero-order valence-electron chi connectivity index (χ0n) is 21.6. The van der Waals surface area contributed by atoms with Gasteiger partial charge in [0.1, 0.15) is 23.4 Å². The van der Waals surface area contributed by atoms with Gasteiger partial charge >= 0.3 is 0 Å². The summed E-state index contributed by atoms with van der Waals surface area (Å²) in [7, 11) is 4.19. The lowest BCUT2D eigenvalue weighted by atomic mass is 9.75. The molecule has 0 aromatic heterocycles. The van der Waals surface area contributed by atoms with Gasteiger partial charge < -0.3 is 20.1 Å². The molecule has 196 valence electrons. The summed E-state index contributed by atoms with van der Waals surface area (Å²) in [4.78, 5) is 14.9. The lowest BCUT2D eigenvalue weighted by Gasteiger charge is -2.38. The molecule has 3 aromatic carbocycles. The smallest absolute Gasteiger partial charge is 0.255 e. The number of aromatic hydroxyl groups is 1. The van der Waals surface area contributed by atoms with Gasteiger partial charge in [0.2, 0.25) is 0 Å². The molecule has 2 atom stereocenters. The number of hydrogen-bond acceptors (Lipinski definition) is 4. The predicted octanol–water partition coefficient (Wildman–Crippen LogP) is 6.21. The van der Waals surface area contributed by atoms with Crippen molar-refractivity contribution < 1.29 is 19.0 Å². The van der Waals surface area contributed by atoms with E-state index in [1.165, 1.54) is 6.07 Å². The number of ether oxygens (including phenoxy) is 1. The third kappa shape index (κ3) is 7.32. The summed E-state index contributed by atoms with van der Waals surface area (Å²) in [6.45, 7) is 0.359. The molecule has 1 amide bonds. The summed E-state index contributed by atoms with van der Waals surface area (Å²) < 4.78 is 19.8. The first kappa shape index (κ1) is 26.7. The number of benzene rings is 3. The van der Waals surface area contributed by atoms with Crippen molar-refractivity contribution in [3.8, 4) is 11.5 Å². The summed E-state index contributed by atoms with van der Waals surface area (Å²) in [5.41, 5.74) is 1.42. The van der Waals surface area contributed by atoms with Crippen LogP contribution in [0.4, 0.5) is 4.39 Å². The Morgan fingerprint density at radius 2 is 1.62 bits per heavy atom. The van der Waals surface area contributed by atoms with E-state index >= 15 is 0 Å². The maximum absolute atomic E-state index is 13.5. The lowest BCUT2D eigenvalue weighted by molar-refractivity contribution is 0.0887. The van der Waals surface area contributed by atoms with Crippen LogP contribution < -0.4 is 10.1 Å². The number of phenols is 1. The fourth-order valence-corrected chi connectivity index (χ4v) is 5.60. The number of para-hydroxylation sites is 2. The molecule has 5 nitrogen and oxygen atoms in total. The number of carbonyl (C=O) groups excluding carboxylic acids is 1. The van der Waals surface area contributed by atoms with Gasteiger partial charge in [-0.05, 0) is 100.0 Å². The largest absolute Gasteiger partial charge is 0.507 e. The molecule has 1 saturated carbocycles. The molecular weight excluding hydrogens is 467 g/mol. The molecule has 0 saturated heterocycles. The summed E-state index contributed by atoms with van der Waals surface area (Å²) in [6.07, 6.45) is 5.00. The molecule has 1 aliphatic carbocycles. The fourth-order valence-electron chi connectivity index (χ4n) is 5.60. The second-order valence-corrected chi connectivity index (χ2v) is 10.3. The molecule has 3 aromatic rings. The van der Waals surface area contributed by atoms with Crippen molar-refractivity contribution in [3.63, 3.8) is 0 Å². The van der Waals surface area contributed by atoms with Crippen molar-refractivity contribution in [2.45, 2.75) is 44.2 Å². The van der Waals surface area contributed by atoms with Crippen LogP contribution in [0.1, 0.15) is 54.1 Å². The second kappa shape index (κ2) is 12.7. The van der Waals surface area contributed by atoms with Crippen molar-refractivity contribution in [2.75, 3.05) is 20.6 Å². The Morgan fingerprint density at radius 1 is 0.973 bits per heavy atom. The van der Waals surface area contributed by atoms with Gasteiger partial charge in [-0.2, -0.15) is 0 Å². The van der Waals surface area contributed by atoms with E-state index < -0.39 is 0 Å². The first-order valence-electron chi connectivity index (χ1n) is 13.1. The lowest BCUT2D eigenvalue weighted by Crippen LogP contribution is -2.37. The van der Waals surface area contributed by atoms with Crippen LogP contribution in [-0.4, -0.2) is 42.7 Å². The summed E-state index contributed by atoms with van der Waals surface area (Å²) in [5.74, 6) is 1.23. The molecule has 1 aliphatic rings. The molecule has 37 heavy (non-hydrogen) atoms. The van der Waals surface area contributed by atoms with Crippen LogP contribution in [0.15, 0.2) is 78.9 Å². The Hall–Kier alpha value is -3.38. The molecule has 0 aliphatic heterocycles. The van der Waals surface area contributed by atoms with Crippen molar-refractivity contribution in [1.82, 2.24) is 10.2 Å². The van der Waals surface area contributed by atoms with Gasteiger partial charge in [-0.3, -0.25) is 4.79 Å². The zero-order valence-corrected chi connectivity index (χ0v) is 21.6. The second-order valence-electron chi connectivity index (χ2n) is 10.3. The number of nitrogens with one attached hydrogen (secondary N) is 1. The highest BCUT2D eigenvalue weighted by Crippen LogP contribution is 2.40. The van der Waals surface area contributed by atoms with Crippen LogP contribution in [-0.2, 0) is 0 Å². The van der Waals surface area contributed by atoms with Crippen LogP contribution in [0.25, 0.3) is 0 Å². The summed E-state index contributed by atoms with van der Waals surface area (Å²) >= 11 is 0. The van der Waals surface area contributed by atoms with E-state index in [-0.39, 0.29) is 35.2 Å². The minimum atomic E-state index is -0.309. The Bertz CT molecular complexity index is 1130. The highest BCUT2D eigenvalue weighted by Gasteiger charge is 2.31. The van der Waals surface area contributed by atoms with Crippen molar-refractivity contribution in [2.24, 2.45) is 11.8 Å². The maximum Gasteiger partial charge on any atom is 0.255 e. The molecule has 0 spiro atoms. The number of nitrogens with zero attached hydrogens (tertiary/aromatic N) is 1. The van der Waals surface area contributed by atoms with Gasteiger partial charge in [-0.1, -0.05) is 42.5 Å². The minimum absolute atomic E-state index is 0.0320. The molecule has 2 N–H and O–H groups in total. The van der Waals surface area contributed by atoms with Gasteiger partial charge in [0.25, 0.3) is 5.91 Å². The number of phenolic OH excluding ortho intramolecular Hbond substituents is 1. The van der Waals surface area contributed by atoms with Gasteiger partial charge in [0.15, 0.2) is 0 Å². The van der Waals surface area contributed by atoms with Gasteiger partial charge in [0, 0.05) is 6.04 Å². The average Bonchev–Trinajstić information content (AvgIpc) is 2.90. The molecule has 1 fully saturated rings. The quantitative estimate of drug-likeness (QED) is 0.345. The third-order valence-electron chi connectivity index (χ3n) is 7.39. The third-order valence-corrected chi connectivity index (χ3v) is 7.39. The van der Waals surface area contributed by atoms with Crippen LogP contribution in [0.3, 0.4) is 0 Å². The van der Waals surface area contributed by atoms with Gasteiger partial charge in [0.05, 0.1) is 12.1 Å². The van der Waals surface area contributed by atoms with E-state index in [4.69, 9.17) is 4.74 Å². The van der Waals surface area contributed by atoms with E-state index in [9.17, 15) is 14.3 Å². The van der Waals surface area contributed by atoms with Crippen molar-refractivity contribution in [3.05, 3.63) is 95.8 Å². The topological polar surface area (TPSA) is 61.8 Å².